The molecule has 13 heavy (non-hydrogen) atoms. The minimum atomic E-state index is 0.649. The first-order valence-electron chi connectivity index (χ1n) is 3.74. The minimum absolute atomic E-state index is 0.649. The fourth-order valence-corrected chi connectivity index (χ4v) is 1.14. The highest BCUT2D eigenvalue weighted by Gasteiger charge is 1.99. The quantitative estimate of drug-likeness (QED) is 0.694. The summed E-state index contributed by atoms with van der Waals surface area (Å²) in [5.74, 6) is 0. The minimum Gasteiger partial charge on any atom is -0.261 e. The summed E-state index contributed by atoms with van der Waals surface area (Å²) in [6, 6.07) is 3.48. The molecular formula is C9H6ClN3. The first-order valence-corrected chi connectivity index (χ1v) is 4.12. The summed E-state index contributed by atoms with van der Waals surface area (Å²) in [7, 11) is 0. The van der Waals surface area contributed by atoms with Crippen LogP contribution in [-0.2, 0) is 0 Å². The average Bonchev–Trinajstić information content (AvgIpc) is 2.19. The maximum Gasteiger partial charge on any atom is 0.107 e. The maximum absolute atomic E-state index is 5.81. The van der Waals surface area contributed by atoms with Crippen LogP contribution in [0.5, 0.6) is 0 Å². The van der Waals surface area contributed by atoms with Crippen molar-refractivity contribution in [3.8, 4) is 11.4 Å². The molecule has 0 amide bonds. The molecule has 0 atom stereocenters. The van der Waals surface area contributed by atoms with Crippen molar-refractivity contribution in [2.75, 3.05) is 0 Å². The van der Waals surface area contributed by atoms with Crippen LogP contribution in [-0.4, -0.2) is 15.0 Å². The van der Waals surface area contributed by atoms with Gasteiger partial charge in [-0.15, -0.1) is 0 Å². The van der Waals surface area contributed by atoms with Gasteiger partial charge < -0.3 is 0 Å². The number of rotatable bonds is 1. The highest BCUT2D eigenvalue weighted by molar-refractivity contribution is 6.30. The Morgan fingerprint density at radius 1 is 1.00 bits per heavy atom. The summed E-state index contributed by atoms with van der Waals surface area (Å²) in [5.41, 5.74) is 1.46. The van der Waals surface area contributed by atoms with Crippen molar-refractivity contribution in [1.82, 2.24) is 15.0 Å². The molecule has 2 aromatic rings. The molecule has 0 unspecified atom stereocenters. The predicted octanol–water partition coefficient (Wildman–Crippen LogP) is 2.19. The summed E-state index contributed by atoms with van der Waals surface area (Å²) in [4.78, 5) is 12.2. The van der Waals surface area contributed by atoms with Gasteiger partial charge in [-0.05, 0) is 12.1 Å². The van der Waals surface area contributed by atoms with Crippen LogP contribution in [0.4, 0.5) is 0 Å². The van der Waals surface area contributed by atoms with Crippen molar-refractivity contribution in [3.05, 3.63) is 41.9 Å². The molecule has 0 aromatic carbocycles. The second-order valence-corrected chi connectivity index (χ2v) is 2.89. The molecule has 64 valence electrons. The van der Waals surface area contributed by atoms with Crippen LogP contribution in [0.1, 0.15) is 0 Å². The van der Waals surface area contributed by atoms with Crippen LogP contribution in [0.25, 0.3) is 11.4 Å². The molecule has 4 heteroatoms. The van der Waals surface area contributed by atoms with Crippen LogP contribution in [0, 0.1) is 0 Å². The van der Waals surface area contributed by atoms with Gasteiger partial charge in [0.15, 0.2) is 0 Å². The molecule has 0 spiro atoms. The third-order valence-electron chi connectivity index (χ3n) is 1.55. The second kappa shape index (κ2) is 3.49. The van der Waals surface area contributed by atoms with E-state index in [1.54, 1.807) is 36.9 Å². The van der Waals surface area contributed by atoms with Gasteiger partial charge in [-0.25, -0.2) is 0 Å². The first kappa shape index (κ1) is 8.13. The molecular weight excluding hydrogens is 186 g/mol. The summed E-state index contributed by atoms with van der Waals surface area (Å²) in [6.07, 6.45) is 6.54. The molecule has 2 rings (SSSR count). The van der Waals surface area contributed by atoms with Crippen molar-refractivity contribution < 1.29 is 0 Å². The van der Waals surface area contributed by atoms with E-state index in [1.807, 2.05) is 0 Å². The highest BCUT2D eigenvalue weighted by Crippen LogP contribution is 2.16. The van der Waals surface area contributed by atoms with E-state index in [0.29, 0.717) is 5.02 Å². The fraction of sp³-hybridized carbons (Fsp3) is 0. The lowest BCUT2D eigenvalue weighted by molar-refractivity contribution is 1.18. The number of hydrogen-bond acceptors (Lipinski definition) is 3. The lowest BCUT2D eigenvalue weighted by Gasteiger charge is -1.97. The normalized spacial score (nSPS) is 9.92. The zero-order chi connectivity index (χ0) is 9.10. The molecule has 0 bridgehead atoms. The van der Waals surface area contributed by atoms with E-state index < -0.39 is 0 Å². The number of hydrogen-bond donors (Lipinski definition) is 0. The smallest absolute Gasteiger partial charge is 0.107 e. The van der Waals surface area contributed by atoms with Crippen molar-refractivity contribution in [1.29, 1.82) is 0 Å². The number of halogens is 1. The molecule has 0 saturated heterocycles. The fourth-order valence-electron chi connectivity index (χ4n) is 0.976. The monoisotopic (exact) mass is 191 g/mol. The van der Waals surface area contributed by atoms with Crippen molar-refractivity contribution in [2.45, 2.75) is 0 Å². The molecule has 2 heterocycles. The highest BCUT2D eigenvalue weighted by atomic mass is 35.5. The Hall–Kier alpha value is -1.48. The van der Waals surface area contributed by atoms with Gasteiger partial charge in [0.1, 0.15) is 5.69 Å². The van der Waals surface area contributed by atoms with Crippen LogP contribution < -0.4 is 0 Å². The standard InChI is InChI=1S/C9H6ClN3/c10-7-1-2-12-8(5-7)9-6-11-3-4-13-9/h1-6H. The Bertz CT molecular complexity index is 403. The number of pyridine rings is 1. The summed E-state index contributed by atoms with van der Waals surface area (Å²) in [6.45, 7) is 0. The van der Waals surface area contributed by atoms with E-state index in [0.717, 1.165) is 11.4 Å². The lowest BCUT2D eigenvalue weighted by atomic mass is 10.3. The van der Waals surface area contributed by atoms with E-state index in [4.69, 9.17) is 11.6 Å². The topological polar surface area (TPSA) is 38.7 Å². The SMILES string of the molecule is Clc1ccnc(-c2cnccn2)c1. The Morgan fingerprint density at radius 2 is 1.85 bits per heavy atom. The van der Waals surface area contributed by atoms with Crippen LogP contribution in [0.3, 0.4) is 0 Å². The lowest BCUT2D eigenvalue weighted by Crippen LogP contribution is -1.86. The molecule has 0 aliphatic heterocycles. The molecule has 0 aliphatic rings. The molecule has 0 N–H and O–H groups in total. The molecule has 0 saturated carbocycles. The Labute approximate surface area is 80.5 Å². The molecule has 0 radical (unpaired) electrons. The van der Waals surface area contributed by atoms with Gasteiger partial charge in [-0.2, -0.15) is 0 Å². The molecule has 2 aromatic heterocycles. The molecule has 3 nitrogen and oxygen atoms in total. The summed E-state index contributed by atoms with van der Waals surface area (Å²) >= 11 is 5.81. The second-order valence-electron chi connectivity index (χ2n) is 2.45. The van der Waals surface area contributed by atoms with Gasteiger partial charge >= 0.3 is 0 Å². The Balaban J connectivity index is 2.48. The Morgan fingerprint density at radius 3 is 2.54 bits per heavy atom. The van der Waals surface area contributed by atoms with Gasteiger partial charge in [0, 0.05) is 23.6 Å². The zero-order valence-corrected chi connectivity index (χ0v) is 7.44. The van der Waals surface area contributed by atoms with Gasteiger partial charge in [-0.3, -0.25) is 15.0 Å². The van der Waals surface area contributed by atoms with Crippen LogP contribution in [0.15, 0.2) is 36.9 Å². The number of aromatic nitrogens is 3. The molecule has 0 aliphatic carbocycles. The van der Waals surface area contributed by atoms with E-state index in [9.17, 15) is 0 Å². The maximum atomic E-state index is 5.81. The van der Waals surface area contributed by atoms with Gasteiger partial charge in [0.05, 0.1) is 11.9 Å². The third-order valence-corrected chi connectivity index (χ3v) is 1.78. The van der Waals surface area contributed by atoms with Crippen molar-refractivity contribution in [3.63, 3.8) is 0 Å². The molecule has 0 fully saturated rings. The first-order chi connectivity index (χ1) is 6.36. The third kappa shape index (κ3) is 1.81. The average molecular weight is 192 g/mol. The van der Waals surface area contributed by atoms with Crippen molar-refractivity contribution in [2.24, 2.45) is 0 Å². The summed E-state index contributed by atoms with van der Waals surface area (Å²) in [5, 5.41) is 0.649. The van der Waals surface area contributed by atoms with E-state index in [2.05, 4.69) is 15.0 Å². The predicted molar refractivity (Wildman–Crippen MR) is 50.3 cm³/mol. The van der Waals surface area contributed by atoms with Crippen LogP contribution in [0.2, 0.25) is 5.02 Å². The van der Waals surface area contributed by atoms with Crippen LogP contribution >= 0.6 is 11.6 Å². The zero-order valence-electron chi connectivity index (χ0n) is 6.68. The van der Waals surface area contributed by atoms with Gasteiger partial charge in [0.25, 0.3) is 0 Å². The van der Waals surface area contributed by atoms with Crippen molar-refractivity contribution >= 4 is 11.6 Å². The van der Waals surface area contributed by atoms with Gasteiger partial charge in [0.2, 0.25) is 0 Å². The van der Waals surface area contributed by atoms with Gasteiger partial charge in [-0.1, -0.05) is 11.6 Å². The van der Waals surface area contributed by atoms with E-state index in [1.165, 1.54) is 0 Å². The Kier molecular flexibility index (Phi) is 2.19. The van der Waals surface area contributed by atoms with E-state index in [-0.39, 0.29) is 0 Å². The number of nitrogens with zero attached hydrogens (tertiary/aromatic N) is 3. The van der Waals surface area contributed by atoms with E-state index >= 15 is 0 Å². The largest absolute Gasteiger partial charge is 0.261 e. The summed E-state index contributed by atoms with van der Waals surface area (Å²) < 4.78 is 0.